The molecule has 0 radical (unpaired) electrons. The SMILES string of the molecule is COCOc1ccc2cccnc2c1Br. The molecule has 0 saturated heterocycles. The standard InChI is InChI=1S/C11H10BrNO2/c1-14-7-15-9-5-4-8-3-2-6-13-11(8)10(9)12/h2-6H,7H2,1H3. The third-order valence-corrected chi connectivity index (χ3v) is 2.78. The molecule has 1 aromatic heterocycles. The van der Waals surface area contributed by atoms with E-state index in [-0.39, 0.29) is 6.79 Å². The van der Waals surface area contributed by atoms with E-state index >= 15 is 0 Å². The van der Waals surface area contributed by atoms with Crippen molar-refractivity contribution in [2.75, 3.05) is 13.9 Å². The van der Waals surface area contributed by atoms with Gasteiger partial charge in [-0.05, 0) is 34.1 Å². The van der Waals surface area contributed by atoms with Crippen molar-refractivity contribution in [3.05, 3.63) is 34.9 Å². The van der Waals surface area contributed by atoms with Gasteiger partial charge in [-0.25, -0.2) is 0 Å². The quantitative estimate of drug-likeness (QED) is 0.802. The van der Waals surface area contributed by atoms with E-state index < -0.39 is 0 Å². The summed E-state index contributed by atoms with van der Waals surface area (Å²) < 4.78 is 11.1. The second-order valence-electron chi connectivity index (χ2n) is 3.00. The van der Waals surface area contributed by atoms with Crippen molar-refractivity contribution in [3.8, 4) is 5.75 Å². The van der Waals surface area contributed by atoms with Crippen LogP contribution in [0.4, 0.5) is 0 Å². The molecule has 0 fully saturated rings. The van der Waals surface area contributed by atoms with Crippen molar-refractivity contribution >= 4 is 26.8 Å². The number of benzene rings is 1. The summed E-state index contributed by atoms with van der Waals surface area (Å²) in [4.78, 5) is 4.28. The summed E-state index contributed by atoms with van der Waals surface area (Å²) >= 11 is 3.47. The van der Waals surface area contributed by atoms with Crippen LogP contribution in [0.3, 0.4) is 0 Å². The van der Waals surface area contributed by atoms with E-state index in [1.165, 1.54) is 0 Å². The van der Waals surface area contributed by atoms with Gasteiger partial charge < -0.3 is 9.47 Å². The summed E-state index contributed by atoms with van der Waals surface area (Å²) in [6, 6.07) is 7.78. The Morgan fingerprint density at radius 1 is 1.33 bits per heavy atom. The van der Waals surface area contributed by atoms with Crippen LogP contribution in [0, 0.1) is 0 Å². The number of pyridine rings is 1. The average molecular weight is 268 g/mol. The fraction of sp³-hybridized carbons (Fsp3) is 0.182. The zero-order chi connectivity index (χ0) is 10.7. The highest BCUT2D eigenvalue weighted by molar-refractivity contribution is 9.10. The van der Waals surface area contributed by atoms with Gasteiger partial charge in [-0.2, -0.15) is 0 Å². The first-order chi connectivity index (χ1) is 7.33. The predicted octanol–water partition coefficient (Wildman–Crippen LogP) is 2.98. The first-order valence-electron chi connectivity index (χ1n) is 4.48. The molecule has 78 valence electrons. The second kappa shape index (κ2) is 4.59. The van der Waals surface area contributed by atoms with Gasteiger partial charge in [0.2, 0.25) is 0 Å². The molecule has 0 N–H and O–H groups in total. The smallest absolute Gasteiger partial charge is 0.188 e. The summed E-state index contributed by atoms with van der Waals surface area (Å²) in [7, 11) is 1.59. The van der Waals surface area contributed by atoms with E-state index in [4.69, 9.17) is 9.47 Å². The number of nitrogens with zero attached hydrogens (tertiary/aromatic N) is 1. The van der Waals surface area contributed by atoms with Crippen molar-refractivity contribution in [2.24, 2.45) is 0 Å². The third-order valence-electron chi connectivity index (χ3n) is 2.01. The molecule has 1 heterocycles. The number of fused-ring (bicyclic) bond motifs is 1. The minimum absolute atomic E-state index is 0.233. The Hall–Kier alpha value is -1.13. The lowest BCUT2D eigenvalue weighted by molar-refractivity contribution is 0.0507. The van der Waals surface area contributed by atoms with Gasteiger partial charge in [-0.15, -0.1) is 0 Å². The Morgan fingerprint density at radius 3 is 3.00 bits per heavy atom. The number of halogens is 1. The number of aromatic nitrogens is 1. The molecule has 1 aromatic carbocycles. The van der Waals surface area contributed by atoms with Crippen LogP contribution in [0.2, 0.25) is 0 Å². The number of ether oxygens (including phenoxy) is 2. The zero-order valence-corrected chi connectivity index (χ0v) is 9.82. The van der Waals surface area contributed by atoms with Crippen LogP contribution in [0.25, 0.3) is 10.9 Å². The third kappa shape index (κ3) is 2.11. The van der Waals surface area contributed by atoms with Gasteiger partial charge in [0.25, 0.3) is 0 Å². The highest BCUT2D eigenvalue weighted by Crippen LogP contribution is 2.31. The maximum absolute atomic E-state index is 5.38. The van der Waals surface area contributed by atoms with Gasteiger partial charge in [0.15, 0.2) is 6.79 Å². The number of hydrogen-bond donors (Lipinski definition) is 0. The maximum Gasteiger partial charge on any atom is 0.188 e. The van der Waals surface area contributed by atoms with E-state index in [0.717, 1.165) is 21.1 Å². The van der Waals surface area contributed by atoms with Crippen LogP contribution in [0.1, 0.15) is 0 Å². The molecule has 15 heavy (non-hydrogen) atoms. The summed E-state index contributed by atoms with van der Waals surface area (Å²) in [6.45, 7) is 0.233. The van der Waals surface area contributed by atoms with Gasteiger partial charge >= 0.3 is 0 Å². The molecule has 0 amide bonds. The summed E-state index contributed by atoms with van der Waals surface area (Å²) in [5.74, 6) is 0.739. The topological polar surface area (TPSA) is 31.4 Å². The maximum atomic E-state index is 5.38. The lowest BCUT2D eigenvalue weighted by atomic mass is 10.2. The summed E-state index contributed by atoms with van der Waals surface area (Å²) in [5.41, 5.74) is 0.895. The lowest BCUT2D eigenvalue weighted by Gasteiger charge is -2.08. The molecule has 2 aromatic rings. The highest BCUT2D eigenvalue weighted by Gasteiger charge is 2.06. The molecule has 0 aliphatic heterocycles. The van der Waals surface area contributed by atoms with Crippen molar-refractivity contribution in [2.45, 2.75) is 0 Å². The largest absolute Gasteiger partial charge is 0.466 e. The van der Waals surface area contributed by atoms with Gasteiger partial charge in [0.1, 0.15) is 5.75 Å². The molecule has 0 bridgehead atoms. The van der Waals surface area contributed by atoms with E-state index in [1.807, 2.05) is 24.3 Å². The van der Waals surface area contributed by atoms with Crippen LogP contribution in [0.5, 0.6) is 5.75 Å². The molecule has 2 rings (SSSR count). The van der Waals surface area contributed by atoms with E-state index in [2.05, 4.69) is 20.9 Å². The van der Waals surface area contributed by atoms with Gasteiger partial charge in [-0.3, -0.25) is 4.98 Å². The van der Waals surface area contributed by atoms with Gasteiger partial charge in [0.05, 0.1) is 9.99 Å². The monoisotopic (exact) mass is 267 g/mol. The normalized spacial score (nSPS) is 10.5. The van der Waals surface area contributed by atoms with Crippen LogP contribution < -0.4 is 4.74 Å². The van der Waals surface area contributed by atoms with Crippen molar-refractivity contribution in [1.82, 2.24) is 4.98 Å². The number of hydrogen-bond acceptors (Lipinski definition) is 3. The Kier molecular flexibility index (Phi) is 3.18. The van der Waals surface area contributed by atoms with Gasteiger partial charge in [-0.1, -0.05) is 6.07 Å². The van der Waals surface area contributed by atoms with Crippen LogP contribution in [-0.4, -0.2) is 18.9 Å². The Balaban J connectivity index is 2.45. The van der Waals surface area contributed by atoms with E-state index in [1.54, 1.807) is 13.3 Å². The molecule has 0 saturated carbocycles. The predicted molar refractivity (Wildman–Crippen MR) is 61.9 cm³/mol. The molecule has 0 atom stereocenters. The van der Waals surface area contributed by atoms with Crippen molar-refractivity contribution in [3.63, 3.8) is 0 Å². The van der Waals surface area contributed by atoms with Crippen molar-refractivity contribution in [1.29, 1.82) is 0 Å². The zero-order valence-electron chi connectivity index (χ0n) is 8.24. The molecular weight excluding hydrogens is 258 g/mol. The first kappa shape index (κ1) is 10.4. The van der Waals surface area contributed by atoms with Crippen LogP contribution in [0.15, 0.2) is 34.9 Å². The Labute approximate surface area is 96.2 Å². The van der Waals surface area contributed by atoms with Crippen LogP contribution >= 0.6 is 15.9 Å². The van der Waals surface area contributed by atoms with Crippen molar-refractivity contribution < 1.29 is 9.47 Å². The fourth-order valence-electron chi connectivity index (χ4n) is 1.32. The lowest BCUT2D eigenvalue weighted by Crippen LogP contribution is -1.99. The molecular formula is C11H10BrNO2. The number of rotatable bonds is 3. The second-order valence-corrected chi connectivity index (χ2v) is 3.80. The first-order valence-corrected chi connectivity index (χ1v) is 5.27. The average Bonchev–Trinajstić information content (AvgIpc) is 2.29. The van der Waals surface area contributed by atoms with E-state index in [9.17, 15) is 0 Å². The molecule has 0 spiro atoms. The van der Waals surface area contributed by atoms with Gasteiger partial charge in [0, 0.05) is 18.7 Å². The summed E-state index contributed by atoms with van der Waals surface area (Å²) in [5, 5.41) is 1.08. The Bertz CT molecular complexity index is 473. The highest BCUT2D eigenvalue weighted by atomic mass is 79.9. The summed E-state index contributed by atoms with van der Waals surface area (Å²) in [6.07, 6.45) is 1.76. The minimum Gasteiger partial charge on any atom is -0.466 e. The molecule has 4 heteroatoms. The molecule has 3 nitrogen and oxygen atoms in total. The minimum atomic E-state index is 0.233. The molecule has 0 unspecified atom stereocenters. The molecule has 0 aliphatic carbocycles. The van der Waals surface area contributed by atoms with Crippen LogP contribution in [-0.2, 0) is 4.74 Å². The fourth-order valence-corrected chi connectivity index (χ4v) is 1.90. The Morgan fingerprint density at radius 2 is 2.20 bits per heavy atom. The molecule has 0 aliphatic rings. The van der Waals surface area contributed by atoms with E-state index in [0.29, 0.717) is 0 Å². The number of methoxy groups -OCH3 is 1.